The molecule has 4 heterocycles. The van der Waals surface area contributed by atoms with E-state index in [1.165, 1.54) is 18.2 Å². The predicted molar refractivity (Wildman–Crippen MR) is 121 cm³/mol. The molecule has 0 N–H and O–H groups in total. The standard InChI is InChI=1S/C21H28N4O4S2/c26-20(24-7-4-16(5-8-24)3-6-23-9-12-29-13-10-23)17-1-2-18-19(15-17)30-21-22-31(27,28)14-11-25(18)21/h1-2,15-16H,3-14H2. The van der Waals surface area contributed by atoms with Crippen molar-refractivity contribution < 1.29 is 17.9 Å². The maximum absolute atomic E-state index is 13.1. The Kier molecular flexibility index (Phi) is 5.98. The van der Waals surface area contributed by atoms with E-state index in [4.69, 9.17) is 4.74 Å². The van der Waals surface area contributed by atoms with E-state index in [2.05, 4.69) is 9.30 Å². The lowest BCUT2D eigenvalue weighted by Crippen LogP contribution is -2.40. The largest absolute Gasteiger partial charge is 0.379 e. The lowest BCUT2D eigenvalue weighted by molar-refractivity contribution is 0.0332. The van der Waals surface area contributed by atoms with E-state index in [0.717, 1.165) is 69.4 Å². The minimum absolute atomic E-state index is 0.0255. The smallest absolute Gasteiger partial charge is 0.257 e. The highest BCUT2D eigenvalue weighted by molar-refractivity contribution is 8.15. The number of amides is 1. The van der Waals surface area contributed by atoms with Gasteiger partial charge in [-0.3, -0.25) is 9.69 Å². The molecule has 1 amide bonds. The summed E-state index contributed by atoms with van der Waals surface area (Å²) in [6.45, 7) is 6.88. The summed E-state index contributed by atoms with van der Waals surface area (Å²) in [5, 5.41) is 0.493. The molecule has 0 spiro atoms. The quantitative estimate of drug-likeness (QED) is 0.673. The summed E-state index contributed by atoms with van der Waals surface area (Å²) in [7, 11) is -3.37. The maximum atomic E-state index is 13.1. The first kappa shape index (κ1) is 21.2. The van der Waals surface area contributed by atoms with E-state index < -0.39 is 10.0 Å². The summed E-state index contributed by atoms with van der Waals surface area (Å²) in [5.74, 6) is 0.769. The van der Waals surface area contributed by atoms with Gasteiger partial charge in [-0.15, -0.1) is 4.40 Å². The number of fused-ring (bicyclic) bond motifs is 3. The minimum Gasteiger partial charge on any atom is -0.379 e. The third-order valence-electron chi connectivity index (χ3n) is 6.58. The Morgan fingerprint density at radius 1 is 1.13 bits per heavy atom. The first-order valence-corrected chi connectivity index (χ1v) is 13.4. The van der Waals surface area contributed by atoms with E-state index in [1.807, 2.05) is 28.0 Å². The molecule has 0 aliphatic carbocycles. The number of thioether (sulfide) groups is 1. The lowest BCUT2D eigenvalue weighted by atomic mass is 9.93. The van der Waals surface area contributed by atoms with Crippen LogP contribution in [0.1, 0.15) is 29.6 Å². The Hall–Kier alpha value is -1.62. The molecule has 1 aromatic rings. The molecule has 4 aliphatic rings. The van der Waals surface area contributed by atoms with E-state index in [0.29, 0.717) is 23.2 Å². The summed E-state index contributed by atoms with van der Waals surface area (Å²) in [6.07, 6.45) is 3.30. The van der Waals surface area contributed by atoms with E-state index in [1.54, 1.807) is 0 Å². The lowest BCUT2D eigenvalue weighted by Gasteiger charge is -2.34. The Morgan fingerprint density at radius 2 is 1.90 bits per heavy atom. The fraction of sp³-hybridized carbons (Fsp3) is 0.619. The molecule has 4 aliphatic heterocycles. The molecule has 2 fully saturated rings. The molecule has 31 heavy (non-hydrogen) atoms. The topological polar surface area (TPSA) is 82.5 Å². The van der Waals surface area contributed by atoms with Gasteiger partial charge in [-0.05, 0) is 61.7 Å². The van der Waals surface area contributed by atoms with Crippen molar-refractivity contribution in [2.75, 3.05) is 63.1 Å². The second kappa shape index (κ2) is 8.73. The van der Waals surface area contributed by atoms with Crippen LogP contribution >= 0.6 is 11.8 Å². The van der Waals surface area contributed by atoms with Crippen molar-refractivity contribution in [3.8, 4) is 0 Å². The van der Waals surface area contributed by atoms with Gasteiger partial charge < -0.3 is 14.5 Å². The Labute approximate surface area is 187 Å². The van der Waals surface area contributed by atoms with Crippen LogP contribution in [-0.2, 0) is 14.8 Å². The normalized spacial score (nSPS) is 23.9. The van der Waals surface area contributed by atoms with Crippen LogP contribution in [0.15, 0.2) is 27.5 Å². The first-order chi connectivity index (χ1) is 15.0. The molecule has 2 saturated heterocycles. The van der Waals surface area contributed by atoms with Crippen LogP contribution in [0.4, 0.5) is 5.69 Å². The van der Waals surface area contributed by atoms with Crippen LogP contribution in [0.25, 0.3) is 0 Å². The summed E-state index contributed by atoms with van der Waals surface area (Å²) in [6, 6.07) is 5.67. The van der Waals surface area contributed by atoms with Crippen LogP contribution in [0.2, 0.25) is 0 Å². The van der Waals surface area contributed by atoms with Gasteiger partial charge in [0.25, 0.3) is 15.9 Å². The van der Waals surface area contributed by atoms with Crippen LogP contribution in [0.3, 0.4) is 0 Å². The molecule has 0 unspecified atom stereocenters. The number of rotatable bonds is 4. The second-order valence-electron chi connectivity index (χ2n) is 8.57. The molecule has 10 heteroatoms. The SMILES string of the molecule is O=C(c1ccc2c(c1)SC1=NS(=O)(=O)CCN12)N1CCC(CCN2CCOCC2)CC1. The number of carbonyl (C=O) groups is 1. The number of hydrogen-bond donors (Lipinski definition) is 0. The number of piperidine rings is 1. The molecule has 0 atom stereocenters. The second-order valence-corrected chi connectivity index (χ2v) is 11.3. The Balaban J connectivity index is 1.18. The predicted octanol–water partition coefficient (Wildman–Crippen LogP) is 1.87. The van der Waals surface area contributed by atoms with Gasteiger partial charge in [0.2, 0.25) is 0 Å². The molecule has 8 nitrogen and oxygen atoms in total. The van der Waals surface area contributed by atoms with Gasteiger partial charge in [0.05, 0.1) is 24.7 Å². The van der Waals surface area contributed by atoms with E-state index in [9.17, 15) is 13.2 Å². The van der Waals surface area contributed by atoms with Crippen molar-refractivity contribution in [1.29, 1.82) is 0 Å². The number of hydrogen-bond acceptors (Lipinski definition) is 7. The van der Waals surface area contributed by atoms with Gasteiger partial charge in [-0.25, -0.2) is 8.42 Å². The number of nitrogens with zero attached hydrogens (tertiary/aromatic N) is 4. The minimum atomic E-state index is -3.37. The van der Waals surface area contributed by atoms with Crippen LogP contribution in [0.5, 0.6) is 0 Å². The summed E-state index contributed by atoms with van der Waals surface area (Å²) in [5.41, 5.74) is 1.61. The average molecular weight is 465 g/mol. The number of anilines is 1. The van der Waals surface area contributed by atoms with Gasteiger partial charge >= 0.3 is 0 Å². The molecule has 0 radical (unpaired) electrons. The molecule has 168 valence electrons. The van der Waals surface area contributed by atoms with E-state index in [-0.39, 0.29) is 11.7 Å². The highest BCUT2D eigenvalue weighted by Crippen LogP contribution is 2.42. The molecule has 0 bridgehead atoms. The van der Waals surface area contributed by atoms with Gasteiger partial charge in [0.1, 0.15) is 0 Å². The molecule has 5 rings (SSSR count). The number of sulfonamides is 1. The van der Waals surface area contributed by atoms with Gasteiger partial charge in [0.15, 0.2) is 5.17 Å². The van der Waals surface area contributed by atoms with Crippen LogP contribution in [-0.4, -0.2) is 87.5 Å². The average Bonchev–Trinajstić information content (AvgIpc) is 3.13. The summed E-state index contributed by atoms with van der Waals surface area (Å²) >= 11 is 1.33. The van der Waals surface area contributed by atoms with Crippen molar-refractivity contribution in [2.45, 2.75) is 24.2 Å². The number of morpholine rings is 1. The summed E-state index contributed by atoms with van der Waals surface area (Å²) in [4.78, 5) is 20.4. The zero-order valence-electron chi connectivity index (χ0n) is 17.5. The number of carbonyl (C=O) groups excluding carboxylic acids is 1. The zero-order valence-corrected chi connectivity index (χ0v) is 19.2. The first-order valence-electron chi connectivity index (χ1n) is 11.0. The van der Waals surface area contributed by atoms with Gasteiger partial charge in [-0.2, -0.15) is 0 Å². The fourth-order valence-corrected chi connectivity index (χ4v) is 6.96. The molecule has 1 aromatic carbocycles. The number of benzene rings is 1. The van der Waals surface area contributed by atoms with Crippen LogP contribution < -0.4 is 4.90 Å². The summed E-state index contributed by atoms with van der Waals surface area (Å²) < 4.78 is 32.9. The molecular formula is C21H28N4O4S2. The monoisotopic (exact) mass is 464 g/mol. The molecular weight excluding hydrogens is 436 g/mol. The fourth-order valence-electron chi connectivity index (χ4n) is 4.66. The zero-order chi connectivity index (χ0) is 21.4. The molecule has 0 aromatic heterocycles. The van der Waals surface area contributed by atoms with Crippen LogP contribution in [0, 0.1) is 5.92 Å². The highest BCUT2D eigenvalue weighted by atomic mass is 32.2. The Morgan fingerprint density at radius 3 is 2.68 bits per heavy atom. The molecule has 0 saturated carbocycles. The highest BCUT2D eigenvalue weighted by Gasteiger charge is 2.34. The van der Waals surface area contributed by atoms with Crippen molar-refractivity contribution in [2.24, 2.45) is 10.3 Å². The third kappa shape index (κ3) is 4.62. The van der Waals surface area contributed by atoms with Crippen molar-refractivity contribution in [3.63, 3.8) is 0 Å². The Bertz CT molecular complexity index is 983. The number of amidine groups is 1. The van der Waals surface area contributed by atoms with Crippen molar-refractivity contribution in [1.82, 2.24) is 9.80 Å². The van der Waals surface area contributed by atoms with Crippen molar-refractivity contribution >= 4 is 38.5 Å². The van der Waals surface area contributed by atoms with Crippen molar-refractivity contribution in [3.05, 3.63) is 23.8 Å². The number of ether oxygens (including phenoxy) is 1. The number of likely N-dealkylation sites (tertiary alicyclic amines) is 1. The maximum Gasteiger partial charge on any atom is 0.257 e. The third-order valence-corrected chi connectivity index (χ3v) is 8.89. The van der Waals surface area contributed by atoms with E-state index >= 15 is 0 Å². The van der Waals surface area contributed by atoms with Gasteiger partial charge in [0, 0.05) is 43.2 Å². The van der Waals surface area contributed by atoms with Gasteiger partial charge in [-0.1, -0.05) is 0 Å².